The minimum atomic E-state index is -0.366. The average Bonchev–Trinajstić information content (AvgIpc) is 1.71. The van der Waals surface area contributed by atoms with Gasteiger partial charge in [0.05, 0.1) is 19.6 Å². The summed E-state index contributed by atoms with van der Waals surface area (Å²) in [5.41, 5.74) is 12.2. The minimum Gasteiger partial charge on any atom is -0.390 e. The number of rotatable bonds is 8. The van der Waals surface area contributed by atoms with Crippen LogP contribution in [0.5, 0.6) is 0 Å². The van der Waals surface area contributed by atoms with Crippen LogP contribution in [0.4, 0.5) is 20.0 Å². The molecule has 0 atom stereocenters. The van der Waals surface area contributed by atoms with Crippen LogP contribution in [0.15, 0.2) is 274 Å². The quantitative estimate of drug-likeness (QED) is 0.112. The van der Waals surface area contributed by atoms with Gasteiger partial charge in [0.1, 0.15) is 19.4 Å². The van der Waals surface area contributed by atoms with Crippen LogP contribution in [-0.4, -0.2) is 9.85 Å². The second-order valence-electron chi connectivity index (χ2n) is 18.3. The van der Waals surface area contributed by atoms with Crippen molar-refractivity contribution in [1.29, 1.82) is 0 Å². The Morgan fingerprint density at radius 1 is 0.379 bits per heavy atom. The topological polar surface area (TPSA) is 138 Å². The molecule has 6 aromatic heterocycles. The first kappa shape index (κ1) is 83.5. The molecule has 0 radical (unpaired) electrons. The highest BCUT2D eigenvalue weighted by atomic mass is 79.9. The highest BCUT2D eigenvalue weighted by Crippen LogP contribution is 2.48. The minimum absolute atomic E-state index is 0. The van der Waals surface area contributed by atoms with Crippen molar-refractivity contribution in [1.82, 2.24) is 0 Å². The number of hydrogen-bond donors (Lipinski definition) is 2. The van der Waals surface area contributed by atoms with Gasteiger partial charge >= 0.3 is 10.0 Å². The Morgan fingerprint density at radius 3 is 1.14 bits per heavy atom. The predicted molar refractivity (Wildman–Crippen MR) is 443 cm³/mol. The number of nitrogens with two attached hydrogens (primary N) is 2. The molecule has 8 nitrogen and oxygen atoms in total. The third kappa shape index (κ3) is 21.9. The van der Waals surface area contributed by atoms with Gasteiger partial charge in [0, 0.05) is 94.7 Å². The monoisotopic (exact) mass is 1640 g/mol. The highest BCUT2D eigenvalue weighted by Gasteiger charge is 2.23. The molecule has 0 unspecified atom stereocenters. The van der Waals surface area contributed by atoms with E-state index in [1.165, 1.54) is 79.3 Å². The zero-order valence-corrected chi connectivity index (χ0v) is 59.3. The molecule has 0 saturated carbocycles. The lowest BCUT2D eigenvalue weighted by molar-refractivity contribution is -0.382. The maximum Gasteiger partial charge on any atom is 0.339 e. The van der Waals surface area contributed by atoms with Gasteiger partial charge in [-0.3, -0.25) is 20.2 Å². The van der Waals surface area contributed by atoms with Crippen molar-refractivity contribution in [3.63, 3.8) is 0 Å². The van der Waals surface area contributed by atoms with Crippen LogP contribution < -0.4 is 11.5 Å². The molecule has 9 aromatic carbocycles. The molecular formula is C72H68Br2Cl4N4O4S9. The molecule has 6 heterocycles. The van der Waals surface area contributed by atoms with E-state index in [1.54, 1.807) is 74.9 Å². The highest BCUT2D eigenvalue weighted by molar-refractivity contribution is 9.11. The molecule has 15 aromatic rings. The van der Waals surface area contributed by atoms with Gasteiger partial charge in [-0.25, -0.2) is 0 Å². The average molecular weight is 1640 g/mol. The largest absolute Gasteiger partial charge is 0.390 e. The van der Waals surface area contributed by atoms with Crippen molar-refractivity contribution in [2.45, 2.75) is 73.9 Å². The number of anilines is 2. The summed E-state index contributed by atoms with van der Waals surface area (Å²) in [4.78, 5) is 27.1. The van der Waals surface area contributed by atoms with Crippen LogP contribution in [0.1, 0.15) is 44.6 Å². The molecule has 15 rings (SSSR count). The number of halogens is 6. The van der Waals surface area contributed by atoms with Gasteiger partial charge in [-0.15, -0.1) is 57.8 Å². The van der Waals surface area contributed by atoms with Crippen LogP contribution in [0.25, 0.3) is 60.5 Å². The molecule has 0 amide bonds. The van der Waals surface area contributed by atoms with Crippen LogP contribution in [0, 0.1) is 20.2 Å². The number of thiophene rings is 6. The summed E-state index contributed by atoms with van der Waals surface area (Å²) in [6.45, 7) is 0. The maximum absolute atomic E-state index is 11.2. The summed E-state index contributed by atoms with van der Waals surface area (Å²) < 4.78 is 8.79. The van der Waals surface area contributed by atoms with Crippen molar-refractivity contribution < 1.29 is 9.85 Å². The first-order chi connectivity index (χ1) is 42.7. The standard InChI is InChI=1S/C14H8ClNO2S2.2C14H10ClNS2.C8H4BrNO2S.C8H5BrS.C8H6S.6CH4.ClH/c15-9-4-3-5-10(8-9)19-13-11-6-1-2-7-12(11)20-14(13)16(17)18;2*15-9-4-3-5-10(8-9)17-13-11-6-1-2-7-12(11)18-14(13)16;9-7-5-3-1-2-4-6(5)13-8(7)10(11)12;9-7-5-10-8-4-2-1-3-6(7)8;1-2-4-8-7(3-1)5-6-9-8;;;;;;;/h1-8H;2*1-8H,16H2;1-4H;1-5H;1-6H;6*1H4;1H. The third-order valence-electron chi connectivity index (χ3n) is 12.4. The second-order valence-corrected chi connectivity index (χ2v) is 30.6. The normalized spacial score (nSPS) is 9.95. The van der Waals surface area contributed by atoms with E-state index in [9.17, 15) is 20.2 Å². The van der Waals surface area contributed by atoms with Crippen LogP contribution in [-0.2, 0) is 0 Å². The Kier molecular flexibility index (Phi) is 35.4. The Hall–Kier alpha value is -5.69. The van der Waals surface area contributed by atoms with Gasteiger partial charge in [0.15, 0.2) is 0 Å². The van der Waals surface area contributed by atoms with Gasteiger partial charge in [0.2, 0.25) is 0 Å². The van der Waals surface area contributed by atoms with Gasteiger partial charge in [-0.1, -0.05) is 265 Å². The number of benzene rings is 9. The van der Waals surface area contributed by atoms with Gasteiger partial charge < -0.3 is 11.5 Å². The molecular weight excluding hydrogens is 1580 g/mol. The number of hydrogen-bond acceptors (Lipinski definition) is 15. The molecule has 496 valence electrons. The number of fused-ring (bicyclic) bond motifs is 6. The second kappa shape index (κ2) is 40.3. The molecule has 95 heavy (non-hydrogen) atoms. The Balaban J connectivity index is 0.000000298. The smallest absolute Gasteiger partial charge is 0.339 e. The molecule has 4 N–H and O–H groups in total. The van der Waals surface area contributed by atoms with Crippen LogP contribution in [0.3, 0.4) is 0 Å². The zero-order chi connectivity index (χ0) is 61.7. The van der Waals surface area contributed by atoms with Crippen molar-refractivity contribution in [2.75, 3.05) is 11.5 Å². The third-order valence-corrected chi connectivity index (χ3v) is 25.0. The zero-order valence-electron chi connectivity index (χ0n) is 45.7. The fourth-order valence-electron chi connectivity index (χ4n) is 8.43. The van der Waals surface area contributed by atoms with Crippen molar-refractivity contribution >= 4 is 263 Å². The van der Waals surface area contributed by atoms with E-state index in [2.05, 4.69) is 121 Å². The molecule has 0 aliphatic carbocycles. The van der Waals surface area contributed by atoms with Crippen LogP contribution in [0.2, 0.25) is 15.1 Å². The van der Waals surface area contributed by atoms with Crippen molar-refractivity contribution in [2.24, 2.45) is 0 Å². The van der Waals surface area contributed by atoms with Gasteiger partial charge in [0.25, 0.3) is 0 Å². The lowest BCUT2D eigenvalue weighted by Gasteiger charge is -2.02. The number of nitrogen functional groups attached to an aromatic ring is 2. The summed E-state index contributed by atoms with van der Waals surface area (Å²) in [5, 5.41) is 37.1. The molecule has 0 aliphatic rings. The number of nitro groups is 2. The molecule has 23 heteroatoms. The van der Waals surface area contributed by atoms with E-state index in [1.807, 2.05) is 140 Å². The fourth-order valence-corrected chi connectivity index (χ4v) is 19.9. The van der Waals surface area contributed by atoms with E-state index in [4.69, 9.17) is 46.3 Å². The summed E-state index contributed by atoms with van der Waals surface area (Å²) >= 11 is 38.6. The molecule has 0 saturated heterocycles. The summed E-state index contributed by atoms with van der Waals surface area (Å²) in [6.07, 6.45) is 0. The maximum atomic E-state index is 11.2. The van der Waals surface area contributed by atoms with E-state index in [0.717, 1.165) is 64.7 Å². The van der Waals surface area contributed by atoms with Crippen molar-refractivity contribution in [3.05, 3.63) is 279 Å². The van der Waals surface area contributed by atoms with Crippen molar-refractivity contribution in [3.8, 4) is 0 Å². The molecule has 0 bridgehead atoms. The SMILES string of the molecule is Brc1csc2ccccc12.C.C.C.C.C.C.Cl.Nc1sc2ccccc2c1Sc1cccc(Cl)c1.Nc1sc2ccccc2c1Sc1cccc(Cl)c1.O=[N+]([O-])c1sc2ccccc2c1Br.O=[N+]([O-])c1sc2ccccc2c1Sc1cccc(Cl)c1.c1ccc2sccc2c1. The lowest BCUT2D eigenvalue weighted by atomic mass is 10.3. The Bertz CT molecular complexity index is 4770. The summed E-state index contributed by atoms with van der Waals surface area (Å²) in [6, 6.07) is 73.5. The van der Waals surface area contributed by atoms with E-state index in [0.29, 0.717) is 14.4 Å². The number of nitrogens with zero attached hydrogens (tertiary/aromatic N) is 2. The van der Waals surface area contributed by atoms with Gasteiger partial charge in [-0.2, -0.15) is 0 Å². The Labute approximate surface area is 630 Å². The summed E-state index contributed by atoms with van der Waals surface area (Å²) in [5.74, 6) is 0. The molecule has 0 fully saturated rings. The first-order valence-electron chi connectivity index (χ1n) is 26.0. The van der Waals surface area contributed by atoms with E-state index >= 15 is 0 Å². The first-order valence-corrected chi connectivity index (χ1v) is 36.2. The Morgan fingerprint density at radius 2 is 0.726 bits per heavy atom. The van der Waals surface area contributed by atoms with Crippen LogP contribution >= 0.6 is 182 Å². The van der Waals surface area contributed by atoms with E-state index < -0.39 is 0 Å². The summed E-state index contributed by atoms with van der Waals surface area (Å²) in [7, 11) is 0. The predicted octanol–water partition coefficient (Wildman–Crippen LogP) is 30.6. The molecule has 0 spiro atoms. The lowest BCUT2D eigenvalue weighted by Crippen LogP contribution is -1.85. The molecule has 0 aliphatic heterocycles. The fraction of sp³-hybridized carbons (Fsp3) is 0.0833. The van der Waals surface area contributed by atoms with Gasteiger partial charge in [-0.05, 0) is 140 Å². The van der Waals surface area contributed by atoms with E-state index in [-0.39, 0.29) is 76.8 Å².